The first-order valence-corrected chi connectivity index (χ1v) is 4.56. The van der Waals surface area contributed by atoms with Crippen LogP contribution in [0, 0.1) is 0 Å². The molecule has 64 valence electrons. The molecular formula is C5H10N2O3S. The largest absolute Gasteiger partial charge is 0.355 e. The Kier molecular flexibility index (Phi) is 2.84. The number of hydrogen-bond donors (Lipinski definition) is 3. The Morgan fingerprint density at radius 1 is 1.55 bits per heavy atom. The summed E-state index contributed by atoms with van der Waals surface area (Å²) in [5, 5.41) is 2.57. The van der Waals surface area contributed by atoms with Gasteiger partial charge in [-0.3, -0.25) is 4.79 Å². The Hall–Kier alpha value is -0.620. The second kappa shape index (κ2) is 3.68. The molecule has 1 heterocycles. The SMILES string of the molecule is O=C1NCCCC1N[SH](=O)=O. The molecule has 1 saturated heterocycles. The van der Waals surface area contributed by atoms with E-state index in [0.717, 1.165) is 6.42 Å². The molecule has 1 amide bonds. The third-order valence-corrected chi connectivity index (χ3v) is 2.07. The van der Waals surface area contributed by atoms with Gasteiger partial charge in [-0.1, -0.05) is 0 Å². The van der Waals surface area contributed by atoms with Crippen LogP contribution in [0.25, 0.3) is 0 Å². The molecule has 0 aromatic carbocycles. The number of carbonyl (C=O) groups is 1. The molecule has 0 spiro atoms. The first kappa shape index (κ1) is 8.48. The lowest BCUT2D eigenvalue weighted by molar-refractivity contribution is -0.123. The summed E-state index contributed by atoms with van der Waals surface area (Å²) in [5.41, 5.74) is 0. The highest BCUT2D eigenvalue weighted by molar-refractivity contribution is 7.70. The molecule has 1 aliphatic heterocycles. The van der Waals surface area contributed by atoms with Crippen LogP contribution in [0.3, 0.4) is 0 Å². The average Bonchev–Trinajstić information content (AvgIpc) is 1.93. The van der Waals surface area contributed by atoms with Crippen molar-refractivity contribution in [3.8, 4) is 0 Å². The van der Waals surface area contributed by atoms with Crippen LogP contribution < -0.4 is 10.0 Å². The first-order chi connectivity index (χ1) is 5.20. The summed E-state index contributed by atoms with van der Waals surface area (Å²) in [6.45, 7) is 0.645. The van der Waals surface area contributed by atoms with Crippen LogP contribution in [0.4, 0.5) is 0 Å². The van der Waals surface area contributed by atoms with E-state index < -0.39 is 16.9 Å². The summed E-state index contributed by atoms with van der Waals surface area (Å²) in [6.07, 6.45) is 1.42. The van der Waals surface area contributed by atoms with E-state index >= 15 is 0 Å². The number of piperidine rings is 1. The van der Waals surface area contributed by atoms with Gasteiger partial charge in [0.15, 0.2) is 0 Å². The zero-order valence-electron chi connectivity index (χ0n) is 5.87. The van der Waals surface area contributed by atoms with E-state index in [0.29, 0.717) is 13.0 Å². The third kappa shape index (κ3) is 2.47. The standard InChI is InChI=1S/C5H10N2O3S/c8-5-4(7-11(9)10)2-1-3-6-5/h4,11H,1-3H2,(H,6,8)(H,7,9,10). The summed E-state index contributed by atoms with van der Waals surface area (Å²) in [7, 11) is -2.66. The monoisotopic (exact) mass is 178 g/mol. The van der Waals surface area contributed by atoms with Gasteiger partial charge < -0.3 is 5.32 Å². The number of hydrogen-bond acceptors (Lipinski definition) is 3. The predicted molar refractivity (Wildman–Crippen MR) is 39.5 cm³/mol. The molecule has 1 atom stereocenters. The van der Waals surface area contributed by atoms with Gasteiger partial charge >= 0.3 is 0 Å². The minimum absolute atomic E-state index is 0.226. The molecule has 6 heteroatoms. The van der Waals surface area contributed by atoms with Crippen LogP contribution in [0.15, 0.2) is 0 Å². The van der Waals surface area contributed by atoms with Gasteiger partial charge in [-0.25, -0.2) is 13.1 Å². The van der Waals surface area contributed by atoms with Crippen molar-refractivity contribution < 1.29 is 13.2 Å². The second-order valence-corrected chi connectivity index (χ2v) is 3.14. The molecule has 11 heavy (non-hydrogen) atoms. The fraction of sp³-hybridized carbons (Fsp3) is 0.800. The molecule has 2 N–H and O–H groups in total. The number of amides is 1. The van der Waals surface area contributed by atoms with E-state index in [2.05, 4.69) is 10.0 Å². The van der Waals surface area contributed by atoms with Crippen molar-refractivity contribution in [2.75, 3.05) is 6.54 Å². The molecule has 0 aromatic rings. The molecule has 1 fully saturated rings. The van der Waals surface area contributed by atoms with Crippen LogP contribution in [0.1, 0.15) is 12.8 Å². The van der Waals surface area contributed by atoms with Crippen molar-refractivity contribution in [2.45, 2.75) is 18.9 Å². The minimum Gasteiger partial charge on any atom is -0.355 e. The summed E-state index contributed by atoms with van der Waals surface area (Å²) >= 11 is 0. The van der Waals surface area contributed by atoms with Gasteiger partial charge in [-0.15, -0.1) is 0 Å². The summed E-state index contributed by atoms with van der Waals surface area (Å²) < 4.78 is 22.5. The second-order valence-electron chi connectivity index (χ2n) is 2.37. The summed E-state index contributed by atoms with van der Waals surface area (Å²) in [6, 6.07) is -0.551. The molecule has 0 saturated carbocycles. The third-order valence-electron chi connectivity index (χ3n) is 1.55. The van der Waals surface area contributed by atoms with E-state index in [1.165, 1.54) is 0 Å². The highest BCUT2D eigenvalue weighted by atomic mass is 32.2. The molecular weight excluding hydrogens is 168 g/mol. The van der Waals surface area contributed by atoms with Crippen molar-refractivity contribution in [2.24, 2.45) is 0 Å². The van der Waals surface area contributed by atoms with Gasteiger partial charge in [0.25, 0.3) is 0 Å². The molecule has 5 nitrogen and oxygen atoms in total. The number of thiol groups is 1. The van der Waals surface area contributed by atoms with Gasteiger partial charge in [0.2, 0.25) is 16.8 Å². The van der Waals surface area contributed by atoms with Gasteiger partial charge in [0.05, 0.1) is 0 Å². The van der Waals surface area contributed by atoms with Gasteiger partial charge in [0, 0.05) is 6.54 Å². The lowest BCUT2D eigenvalue weighted by Crippen LogP contribution is -2.47. The van der Waals surface area contributed by atoms with E-state index in [-0.39, 0.29) is 5.91 Å². The molecule has 1 unspecified atom stereocenters. The van der Waals surface area contributed by atoms with Gasteiger partial charge in [-0.2, -0.15) is 0 Å². The van der Waals surface area contributed by atoms with E-state index in [1.807, 2.05) is 0 Å². The Morgan fingerprint density at radius 3 is 2.82 bits per heavy atom. The maximum atomic E-state index is 10.9. The lowest BCUT2D eigenvalue weighted by Gasteiger charge is -2.19. The fourth-order valence-corrected chi connectivity index (χ4v) is 1.52. The minimum atomic E-state index is -2.66. The molecule has 0 aromatic heterocycles. The molecule has 1 rings (SSSR count). The molecule has 0 aliphatic carbocycles. The zero-order valence-corrected chi connectivity index (χ0v) is 6.77. The lowest BCUT2D eigenvalue weighted by atomic mass is 10.1. The maximum absolute atomic E-state index is 10.9. The molecule has 0 radical (unpaired) electrons. The Balaban J connectivity index is 2.48. The number of nitrogens with one attached hydrogen (secondary N) is 2. The molecule has 0 bridgehead atoms. The first-order valence-electron chi connectivity index (χ1n) is 3.38. The van der Waals surface area contributed by atoms with Gasteiger partial charge in [-0.05, 0) is 12.8 Å². The van der Waals surface area contributed by atoms with Crippen LogP contribution in [-0.4, -0.2) is 26.9 Å². The topological polar surface area (TPSA) is 75.3 Å². The highest BCUT2D eigenvalue weighted by Crippen LogP contribution is 2.01. The van der Waals surface area contributed by atoms with Crippen molar-refractivity contribution in [1.29, 1.82) is 0 Å². The quantitative estimate of drug-likeness (QED) is 0.445. The highest BCUT2D eigenvalue weighted by Gasteiger charge is 2.21. The van der Waals surface area contributed by atoms with Crippen molar-refractivity contribution >= 4 is 16.8 Å². The smallest absolute Gasteiger partial charge is 0.238 e. The Morgan fingerprint density at radius 2 is 2.27 bits per heavy atom. The van der Waals surface area contributed by atoms with Crippen molar-refractivity contribution in [3.05, 3.63) is 0 Å². The fourth-order valence-electron chi connectivity index (χ4n) is 1.02. The van der Waals surface area contributed by atoms with Crippen LogP contribution in [-0.2, 0) is 15.7 Å². The van der Waals surface area contributed by atoms with E-state index in [1.54, 1.807) is 0 Å². The van der Waals surface area contributed by atoms with Crippen molar-refractivity contribution in [1.82, 2.24) is 10.0 Å². The number of rotatable bonds is 2. The average molecular weight is 178 g/mol. The van der Waals surface area contributed by atoms with Crippen molar-refractivity contribution in [3.63, 3.8) is 0 Å². The summed E-state index contributed by atoms with van der Waals surface area (Å²) in [4.78, 5) is 10.9. The van der Waals surface area contributed by atoms with Gasteiger partial charge in [0.1, 0.15) is 6.04 Å². The molecule has 1 aliphatic rings. The van der Waals surface area contributed by atoms with Crippen LogP contribution in [0.5, 0.6) is 0 Å². The Bertz CT molecular complexity index is 218. The number of carbonyl (C=O) groups excluding carboxylic acids is 1. The Labute approximate surface area is 66.2 Å². The van der Waals surface area contributed by atoms with Crippen LogP contribution in [0.2, 0.25) is 0 Å². The van der Waals surface area contributed by atoms with E-state index in [9.17, 15) is 13.2 Å². The predicted octanol–water partition coefficient (Wildman–Crippen LogP) is -1.62. The normalized spacial score (nSPS) is 25.2. The summed E-state index contributed by atoms with van der Waals surface area (Å²) in [5.74, 6) is -0.226. The zero-order chi connectivity index (χ0) is 8.27. The maximum Gasteiger partial charge on any atom is 0.238 e. The van der Waals surface area contributed by atoms with Crippen LogP contribution >= 0.6 is 0 Å². The van der Waals surface area contributed by atoms with E-state index in [4.69, 9.17) is 0 Å².